The van der Waals surface area contributed by atoms with Gasteiger partial charge in [-0.25, -0.2) is 0 Å². The molecule has 0 aliphatic rings. The molecule has 2 rings (SSSR count). The third-order valence-corrected chi connectivity index (χ3v) is 3.20. The lowest BCUT2D eigenvalue weighted by Gasteiger charge is -2.10. The second-order valence-corrected chi connectivity index (χ2v) is 4.34. The summed E-state index contributed by atoms with van der Waals surface area (Å²) in [5.74, 6) is 0. The quantitative estimate of drug-likeness (QED) is 0.862. The summed E-state index contributed by atoms with van der Waals surface area (Å²) in [6, 6.07) is 18.7. The van der Waals surface area contributed by atoms with Gasteiger partial charge in [-0.05, 0) is 6.07 Å². The highest BCUT2D eigenvalue weighted by molar-refractivity contribution is 9.10. The van der Waals surface area contributed by atoms with E-state index in [1.807, 2.05) is 30.3 Å². The van der Waals surface area contributed by atoms with Crippen molar-refractivity contribution >= 4 is 15.9 Å². The predicted octanol–water partition coefficient (Wildman–Crippen LogP) is 2.78. The standard InChI is InChI=1S/C13H12BrN/c14-12-9-5-4-8-11(12)13(15)10-6-2-1-3-7-10/h1-9,13H,15H2/p+1. The Morgan fingerprint density at radius 2 is 1.47 bits per heavy atom. The molecule has 2 heteroatoms. The molecule has 0 amide bonds. The lowest BCUT2D eigenvalue weighted by atomic mass is 10.00. The van der Waals surface area contributed by atoms with Crippen molar-refractivity contribution in [1.29, 1.82) is 0 Å². The minimum Gasteiger partial charge on any atom is -0.348 e. The summed E-state index contributed by atoms with van der Waals surface area (Å²) in [4.78, 5) is 0. The molecule has 1 unspecified atom stereocenters. The molecule has 0 bridgehead atoms. The highest BCUT2D eigenvalue weighted by Crippen LogP contribution is 2.24. The van der Waals surface area contributed by atoms with E-state index in [0.29, 0.717) is 0 Å². The maximum absolute atomic E-state index is 4.21. The molecule has 1 atom stereocenters. The summed E-state index contributed by atoms with van der Waals surface area (Å²) in [5.41, 5.74) is 6.68. The third kappa shape index (κ3) is 2.28. The van der Waals surface area contributed by atoms with Crippen LogP contribution in [0.4, 0.5) is 0 Å². The Hall–Kier alpha value is -1.12. The molecule has 76 valence electrons. The summed E-state index contributed by atoms with van der Waals surface area (Å²) < 4.78 is 1.12. The first kappa shape index (κ1) is 10.4. The van der Waals surface area contributed by atoms with Crippen molar-refractivity contribution in [3.63, 3.8) is 0 Å². The Morgan fingerprint density at radius 3 is 2.13 bits per heavy atom. The van der Waals surface area contributed by atoms with Gasteiger partial charge in [-0.15, -0.1) is 0 Å². The van der Waals surface area contributed by atoms with E-state index in [4.69, 9.17) is 0 Å². The van der Waals surface area contributed by atoms with Crippen LogP contribution in [0.15, 0.2) is 59.1 Å². The number of hydrogen-bond acceptors (Lipinski definition) is 0. The summed E-state index contributed by atoms with van der Waals surface area (Å²) in [6.45, 7) is 0. The third-order valence-electron chi connectivity index (χ3n) is 2.48. The lowest BCUT2D eigenvalue weighted by molar-refractivity contribution is -0.411. The van der Waals surface area contributed by atoms with Gasteiger partial charge in [0.2, 0.25) is 0 Å². The summed E-state index contributed by atoms with van der Waals surface area (Å²) in [6.07, 6.45) is 0. The van der Waals surface area contributed by atoms with E-state index >= 15 is 0 Å². The molecule has 0 heterocycles. The lowest BCUT2D eigenvalue weighted by Crippen LogP contribution is -2.54. The summed E-state index contributed by atoms with van der Waals surface area (Å²) in [5, 5.41) is 0. The highest BCUT2D eigenvalue weighted by atomic mass is 79.9. The Labute approximate surface area is 98.1 Å². The Bertz CT molecular complexity index is 439. The number of hydrogen-bond donors (Lipinski definition) is 1. The number of rotatable bonds is 2. The Morgan fingerprint density at radius 1 is 0.867 bits per heavy atom. The number of halogens is 1. The second-order valence-electron chi connectivity index (χ2n) is 3.48. The van der Waals surface area contributed by atoms with Gasteiger partial charge in [-0.3, -0.25) is 0 Å². The van der Waals surface area contributed by atoms with E-state index in [1.54, 1.807) is 0 Å². The van der Waals surface area contributed by atoms with Crippen LogP contribution in [-0.2, 0) is 0 Å². The first-order valence-corrected chi connectivity index (χ1v) is 5.71. The molecular formula is C13H13BrN+. The molecule has 0 saturated heterocycles. The smallest absolute Gasteiger partial charge is 0.137 e. The monoisotopic (exact) mass is 262 g/mol. The van der Waals surface area contributed by atoms with Gasteiger partial charge in [0.05, 0.1) is 0 Å². The molecule has 0 aliphatic heterocycles. The SMILES string of the molecule is [NH3+]C(c1ccccc1)c1ccccc1Br. The van der Waals surface area contributed by atoms with Gasteiger partial charge < -0.3 is 5.73 Å². The van der Waals surface area contributed by atoms with Gasteiger partial charge in [0.15, 0.2) is 0 Å². The molecule has 0 saturated carbocycles. The van der Waals surface area contributed by atoms with E-state index in [2.05, 4.69) is 45.9 Å². The van der Waals surface area contributed by atoms with Gasteiger partial charge in [-0.2, -0.15) is 0 Å². The minimum absolute atomic E-state index is 0.182. The first-order chi connectivity index (χ1) is 7.29. The van der Waals surface area contributed by atoms with Crippen molar-refractivity contribution in [3.05, 3.63) is 70.2 Å². The van der Waals surface area contributed by atoms with Crippen molar-refractivity contribution in [3.8, 4) is 0 Å². The molecular weight excluding hydrogens is 250 g/mol. The highest BCUT2D eigenvalue weighted by Gasteiger charge is 2.14. The molecule has 0 fully saturated rings. The van der Waals surface area contributed by atoms with E-state index in [-0.39, 0.29) is 6.04 Å². The van der Waals surface area contributed by atoms with Crippen molar-refractivity contribution in [2.45, 2.75) is 6.04 Å². The van der Waals surface area contributed by atoms with Gasteiger partial charge in [0.25, 0.3) is 0 Å². The molecule has 0 radical (unpaired) electrons. The average Bonchev–Trinajstić information content (AvgIpc) is 2.30. The van der Waals surface area contributed by atoms with Crippen LogP contribution in [0.1, 0.15) is 17.2 Å². The second kappa shape index (κ2) is 4.60. The summed E-state index contributed by atoms with van der Waals surface area (Å²) in [7, 11) is 0. The van der Waals surface area contributed by atoms with E-state index in [9.17, 15) is 0 Å². The van der Waals surface area contributed by atoms with Crippen LogP contribution in [0.2, 0.25) is 0 Å². The molecule has 2 aromatic carbocycles. The summed E-state index contributed by atoms with van der Waals surface area (Å²) >= 11 is 3.55. The van der Waals surface area contributed by atoms with Crippen LogP contribution in [0.25, 0.3) is 0 Å². The van der Waals surface area contributed by atoms with Gasteiger partial charge in [0.1, 0.15) is 6.04 Å². The van der Waals surface area contributed by atoms with Crippen LogP contribution < -0.4 is 5.73 Å². The molecule has 2 aromatic rings. The van der Waals surface area contributed by atoms with E-state index < -0.39 is 0 Å². The Balaban J connectivity index is 2.37. The molecule has 15 heavy (non-hydrogen) atoms. The van der Waals surface area contributed by atoms with Crippen LogP contribution in [0.5, 0.6) is 0 Å². The normalized spacial score (nSPS) is 12.4. The van der Waals surface area contributed by atoms with Crippen LogP contribution in [0.3, 0.4) is 0 Å². The molecule has 0 aromatic heterocycles. The van der Waals surface area contributed by atoms with Crippen LogP contribution in [0, 0.1) is 0 Å². The van der Waals surface area contributed by atoms with Crippen molar-refractivity contribution < 1.29 is 5.73 Å². The van der Waals surface area contributed by atoms with E-state index in [0.717, 1.165) is 4.47 Å². The fourth-order valence-electron chi connectivity index (χ4n) is 1.62. The van der Waals surface area contributed by atoms with Crippen molar-refractivity contribution in [2.75, 3.05) is 0 Å². The molecule has 1 nitrogen and oxygen atoms in total. The topological polar surface area (TPSA) is 27.6 Å². The first-order valence-electron chi connectivity index (χ1n) is 4.91. The zero-order chi connectivity index (χ0) is 10.7. The molecule has 3 N–H and O–H groups in total. The van der Waals surface area contributed by atoms with E-state index in [1.165, 1.54) is 11.1 Å². The van der Waals surface area contributed by atoms with Crippen molar-refractivity contribution in [1.82, 2.24) is 0 Å². The van der Waals surface area contributed by atoms with Crippen LogP contribution in [-0.4, -0.2) is 0 Å². The largest absolute Gasteiger partial charge is 0.348 e. The van der Waals surface area contributed by atoms with Crippen LogP contribution >= 0.6 is 15.9 Å². The number of quaternary nitrogens is 1. The zero-order valence-electron chi connectivity index (χ0n) is 8.36. The number of benzene rings is 2. The fraction of sp³-hybridized carbons (Fsp3) is 0.0769. The predicted molar refractivity (Wildman–Crippen MR) is 65.3 cm³/mol. The van der Waals surface area contributed by atoms with Crippen molar-refractivity contribution in [2.24, 2.45) is 0 Å². The van der Waals surface area contributed by atoms with Gasteiger partial charge in [0, 0.05) is 15.6 Å². The minimum atomic E-state index is 0.182. The average molecular weight is 263 g/mol. The maximum atomic E-state index is 4.21. The molecule has 0 aliphatic carbocycles. The molecule has 0 spiro atoms. The zero-order valence-corrected chi connectivity index (χ0v) is 9.94. The van der Waals surface area contributed by atoms with Gasteiger partial charge >= 0.3 is 0 Å². The maximum Gasteiger partial charge on any atom is 0.137 e. The fourth-order valence-corrected chi connectivity index (χ4v) is 2.18. The Kier molecular flexibility index (Phi) is 3.19. The van der Waals surface area contributed by atoms with Gasteiger partial charge in [-0.1, -0.05) is 64.5 Å².